The lowest BCUT2D eigenvalue weighted by Crippen LogP contribution is -1.87. The van der Waals surface area contributed by atoms with E-state index >= 15 is 0 Å². The molecule has 0 aliphatic heterocycles. The highest BCUT2D eigenvalue weighted by atomic mass is 35.5. The third-order valence-electron chi connectivity index (χ3n) is 1.92. The van der Waals surface area contributed by atoms with Crippen molar-refractivity contribution in [1.29, 1.82) is 0 Å². The van der Waals surface area contributed by atoms with Gasteiger partial charge in [0.05, 0.1) is 0 Å². The van der Waals surface area contributed by atoms with Crippen molar-refractivity contribution < 1.29 is 4.39 Å². The van der Waals surface area contributed by atoms with Gasteiger partial charge in [0.2, 0.25) is 5.95 Å². The molecule has 0 N–H and O–H groups in total. The van der Waals surface area contributed by atoms with Crippen molar-refractivity contribution in [3.05, 3.63) is 53.6 Å². The first kappa shape index (κ1) is 9.16. The van der Waals surface area contributed by atoms with Gasteiger partial charge >= 0.3 is 0 Å². The molecule has 1 heterocycles. The van der Waals surface area contributed by atoms with Gasteiger partial charge in [0, 0.05) is 22.3 Å². The quantitative estimate of drug-likeness (QED) is 0.652. The molecule has 2 aromatic rings. The number of rotatable bonds is 1. The van der Waals surface area contributed by atoms with E-state index in [-0.39, 0.29) is 0 Å². The van der Waals surface area contributed by atoms with Crippen LogP contribution in [0, 0.1) is 5.95 Å². The minimum absolute atomic E-state index is 0.429. The minimum Gasteiger partial charge on any atom is -0.228 e. The first-order valence-electron chi connectivity index (χ1n) is 4.14. The molecule has 1 nitrogen and oxygen atoms in total. The molecular weight excluding hydrogens is 201 g/mol. The molecule has 3 heteroatoms. The second-order valence-electron chi connectivity index (χ2n) is 2.82. The topological polar surface area (TPSA) is 12.9 Å². The molecule has 1 aromatic heterocycles. The van der Waals surface area contributed by atoms with Crippen LogP contribution in [0.3, 0.4) is 0 Å². The minimum atomic E-state index is -0.499. The average Bonchev–Trinajstić information content (AvgIpc) is 2.20. The van der Waals surface area contributed by atoms with Gasteiger partial charge in [-0.2, -0.15) is 4.39 Å². The summed E-state index contributed by atoms with van der Waals surface area (Å²) in [6.07, 6.45) is 1.41. The van der Waals surface area contributed by atoms with Crippen molar-refractivity contribution in [3.63, 3.8) is 0 Å². The van der Waals surface area contributed by atoms with Crippen LogP contribution in [0.5, 0.6) is 0 Å². The van der Waals surface area contributed by atoms with E-state index in [1.807, 2.05) is 6.07 Å². The van der Waals surface area contributed by atoms with Crippen LogP contribution in [-0.2, 0) is 0 Å². The SMILES string of the molecule is Fc1ncccc1-c1ccccc1Cl. The summed E-state index contributed by atoms with van der Waals surface area (Å²) in [5.41, 5.74) is 1.10. The van der Waals surface area contributed by atoms with Crippen LogP contribution in [-0.4, -0.2) is 4.98 Å². The zero-order valence-electron chi connectivity index (χ0n) is 7.24. The highest BCUT2D eigenvalue weighted by Gasteiger charge is 2.07. The van der Waals surface area contributed by atoms with E-state index in [0.717, 1.165) is 0 Å². The Morgan fingerprint density at radius 3 is 2.43 bits per heavy atom. The predicted molar refractivity (Wildman–Crippen MR) is 54.6 cm³/mol. The number of benzene rings is 1. The lowest BCUT2D eigenvalue weighted by molar-refractivity contribution is 0.587. The van der Waals surface area contributed by atoms with Crippen molar-refractivity contribution in [2.24, 2.45) is 0 Å². The largest absolute Gasteiger partial charge is 0.228 e. The Kier molecular flexibility index (Phi) is 2.46. The highest BCUT2D eigenvalue weighted by Crippen LogP contribution is 2.28. The molecule has 1 aromatic carbocycles. The van der Waals surface area contributed by atoms with Gasteiger partial charge in [0.1, 0.15) is 0 Å². The molecule has 2 rings (SSSR count). The monoisotopic (exact) mass is 207 g/mol. The summed E-state index contributed by atoms with van der Waals surface area (Å²) in [5.74, 6) is -0.499. The van der Waals surface area contributed by atoms with Crippen LogP contribution in [0.1, 0.15) is 0 Å². The summed E-state index contributed by atoms with van der Waals surface area (Å²) in [7, 11) is 0. The van der Waals surface area contributed by atoms with E-state index in [4.69, 9.17) is 11.6 Å². The Morgan fingerprint density at radius 2 is 1.71 bits per heavy atom. The fourth-order valence-electron chi connectivity index (χ4n) is 1.27. The van der Waals surface area contributed by atoms with E-state index < -0.39 is 5.95 Å². The summed E-state index contributed by atoms with van der Waals surface area (Å²) in [6, 6.07) is 10.4. The standard InChI is InChI=1S/C11H7ClFN/c12-10-6-2-1-4-8(10)9-5-3-7-14-11(9)13/h1-7H. The number of pyridine rings is 1. The lowest BCUT2D eigenvalue weighted by atomic mass is 10.1. The summed E-state index contributed by atoms with van der Waals surface area (Å²) in [6.45, 7) is 0. The van der Waals surface area contributed by atoms with Crippen LogP contribution in [0.4, 0.5) is 4.39 Å². The Labute approximate surface area is 86.2 Å². The van der Waals surface area contributed by atoms with E-state index in [0.29, 0.717) is 16.1 Å². The Hall–Kier alpha value is -1.41. The average molecular weight is 208 g/mol. The second kappa shape index (κ2) is 3.76. The molecule has 0 unspecified atom stereocenters. The van der Waals surface area contributed by atoms with Gasteiger partial charge in [-0.1, -0.05) is 29.8 Å². The van der Waals surface area contributed by atoms with Crippen molar-refractivity contribution >= 4 is 11.6 Å². The molecule has 0 radical (unpaired) electrons. The maximum Gasteiger partial charge on any atom is 0.220 e. The third-order valence-corrected chi connectivity index (χ3v) is 2.25. The van der Waals surface area contributed by atoms with Gasteiger partial charge in [-0.25, -0.2) is 4.98 Å². The summed E-state index contributed by atoms with van der Waals surface area (Å²) < 4.78 is 13.3. The molecule has 70 valence electrons. The molecule has 0 spiro atoms. The van der Waals surface area contributed by atoms with Crippen molar-refractivity contribution in [1.82, 2.24) is 4.98 Å². The smallest absolute Gasteiger partial charge is 0.220 e. The van der Waals surface area contributed by atoms with E-state index in [2.05, 4.69) is 4.98 Å². The van der Waals surface area contributed by atoms with Gasteiger partial charge < -0.3 is 0 Å². The first-order valence-corrected chi connectivity index (χ1v) is 4.52. The molecule has 0 bridgehead atoms. The number of hydrogen-bond acceptors (Lipinski definition) is 1. The molecule has 0 aliphatic carbocycles. The highest BCUT2D eigenvalue weighted by molar-refractivity contribution is 6.33. The van der Waals surface area contributed by atoms with E-state index in [1.54, 1.807) is 30.3 Å². The molecule has 0 amide bonds. The zero-order chi connectivity index (χ0) is 9.97. The fourth-order valence-corrected chi connectivity index (χ4v) is 1.50. The van der Waals surface area contributed by atoms with Crippen LogP contribution in [0.2, 0.25) is 5.02 Å². The summed E-state index contributed by atoms with van der Waals surface area (Å²) >= 11 is 5.94. The molecular formula is C11H7ClFN. The number of aromatic nitrogens is 1. The summed E-state index contributed by atoms with van der Waals surface area (Å²) in [5, 5.41) is 0.527. The van der Waals surface area contributed by atoms with Gasteiger partial charge in [0.25, 0.3) is 0 Å². The molecule has 0 aliphatic rings. The molecule has 0 fully saturated rings. The molecule has 0 saturated carbocycles. The van der Waals surface area contributed by atoms with Crippen LogP contribution < -0.4 is 0 Å². The first-order chi connectivity index (χ1) is 6.79. The normalized spacial score (nSPS) is 10.1. The maximum atomic E-state index is 13.3. The second-order valence-corrected chi connectivity index (χ2v) is 3.23. The number of hydrogen-bond donors (Lipinski definition) is 0. The van der Waals surface area contributed by atoms with Gasteiger partial charge in [-0.3, -0.25) is 0 Å². The number of halogens is 2. The Morgan fingerprint density at radius 1 is 1.00 bits per heavy atom. The van der Waals surface area contributed by atoms with Crippen LogP contribution in [0.25, 0.3) is 11.1 Å². The lowest BCUT2D eigenvalue weighted by Gasteiger charge is -2.03. The van der Waals surface area contributed by atoms with E-state index in [1.165, 1.54) is 6.20 Å². The van der Waals surface area contributed by atoms with Gasteiger partial charge in [-0.15, -0.1) is 0 Å². The predicted octanol–water partition coefficient (Wildman–Crippen LogP) is 3.54. The van der Waals surface area contributed by atoms with Crippen molar-refractivity contribution in [3.8, 4) is 11.1 Å². The maximum absolute atomic E-state index is 13.3. The third kappa shape index (κ3) is 1.61. The molecule has 0 atom stereocenters. The van der Waals surface area contributed by atoms with Crippen LogP contribution >= 0.6 is 11.6 Å². The Balaban J connectivity index is 2.61. The summed E-state index contributed by atoms with van der Waals surface area (Å²) in [4.78, 5) is 3.57. The molecule has 14 heavy (non-hydrogen) atoms. The van der Waals surface area contributed by atoms with Crippen LogP contribution in [0.15, 0.2) is 42.6 Å². The molecule has 0 saturated heterocycles. The van der Waals surface area contributed by atoms with E-state index in [9.17, 15) is 4.39 Å². The number of nitrogens with zero attached hydrogens (tertiary/aromatic N) is 1. The zero-order valence-corrected chi connectivity index (χ0v) is 8.00. The van der Waals surface area contributed by atoms with Gasteiger partial charge in [-0.05, 0) is 18.2 Å². The van der Waals surface area contributed by atoms with Crippen molar-refractivity contribution in [2.75, 3.05) is 0 Å². The van der Waals surface area contributed by atoms with Crippen molar-refractivity contribution in [2.45, 2.75) is 0 Å². The Bertz CT molecular complexity index is 413. The fraction of sp³-hybridized carbons (Fsp3) is 0. The van der Waals surface area contributed by atoms with Gasteiger partial charge in [0.15, 0.2) is 0 Å².